The van der Waals surface area contributed by atoms with E-state index < -0.39 is 0 Å². The van der Waals surface area contributed by atoms with Crippen LogP contribution in [0.25, 0.3) is 0 Å². The number of amides is 1. The summed E-state index contributed by atoms with van der Waals surface area (Å²) in [4.78, 5) is 12.8. The van der Waals surface area contributed by atoms with Gasteiger partial charge in [-0.25, -0.2) is 0 Å². The molecule has 1 aromatic carbocycles. The zero-order valence-electron chi connectivity index (χ0n) is 14.8. The summed E-state index contributed by atoms with van der Waals surface area (Å²) in [6.07, 6.45) is 6.85. The van der Waals surface area contributed by atoms with Gasteiger partial charge in [0.25, 0.3) is 0 Å². The largest absolute Gasteiger partial charge is 0.354 e. The number of hydrogen-bond acceptors (Lipinski definition) is 3. The van der Waals surface area contributed by atoms with Gasteiger partial charge in [0.2, 0.25) is 5.91 Å². The lowest BCUT2D eigenvalue weighted by molar-refractivity contribution is -0.122. The zero-order chi connectivity index (χ0) is 17.7. The van der Waals surface area contributed by atoms with Gasteiger partial charge in [-0.15, -0.1) is 0 Å². The van der Waals surface area contributed by atoms with Crippen molar-refractivity contribution in [1.29, 1.82) is 0 Å². The van der Waals surface area contributed by atoms with E-state index in [9.17, 15) is 4.79 Å². The molecule has 2 aromatic rings. The number of fused-ring (bicyclic) bond motifs is 2. The first-order chi connectivity index (χ1) is 12.7. The summed E-state index contributed by atoms with van der Waals surface area (Å²) >= 11 is 5.34. The molecule has 2 atom stereocenters. The first-order valence-electron chi connectivity index (χ1n) is 9.70. The molecule has 5 rings (SSSR count). The molecule has 3 aliphatic rings. The molecular formula is C20H24N4OS. The minimum atomic E-state index is 0.101. The van der Waals surface area contributed by atoms with Crippen molar-refractivity contribution in [3.05, 3.63) is 46.0 Å². The average Bonchev–Trinajstić information content (AvgIpc) is 3.57. The minimum Gasteiger partial charge on any atom is -0.354 e. The number of nitrogens with zero attached hydrogens (tertiary/aromatic N) is 2. The Morgan fingerprint density at radius 2 is 2.23 bits per heavy atom. The summed E-state index contributed by atoms with van der Waals surface area (Å²) in [7, 11) is 0. The fraction of sp³-hybridized carbons (Fsp3) is 0.550. The number of benzene rings is 1. The quantitative estimate of drug-likeness (QED) is 0.797. The van der Waals surface area contributed by atoms with E-state index in [1.165, 1.54) is 30.4 Å². The van der Waals surface area contributed by atoms with Crippen LogP contribution in [-0.2, 0) is 23.2 Å². The van der Waals surface area contributed by atoms with Crippen LogP contribution in [0.5, 0.6) is 0 Å². The van der Waals surface area contributed by atoms with Crippen molar-refractivity contribution in [3.8, 4) is 0 Å². The number of carbonyl (C=O) groups excluding carboxylic acids is 1. The maximum absolute atomic E-state index is 12.8. The first-order valence-corrected chi connectivity index (χ1v) is 10.1. The molecule has 2 saturated carbocycles. The lowest BCUT2D eigenvalue weighted by atomic mass is 9.78. The van der Waals surface area contributed by atoms with Crippen LogP contribution in [0.3, 0.4) is 0 Å². The van der Waals surface area contributed by atoms with Gasteiger partial charge in [0.1, 0.15) is 5.82 Å². The minimum absolute atomic E-state index is 0.101. The molecule has 1 amide bonds. The molecule has 6 heteroatoms. The fourth-order valence-electron chi connectivity index (χ4n) is 4.79. The molecule has 136 valence electrons. The van der Waals surface area contributed by atoms with Gasteiger partial charge >= 0.3 is 0 Å². The van der Waals surface area contributed by atoms with Crippen molar-refractivity contribution in [1.82, 2.24) is 20.1 Å². The van der Waals surface area contributed by atoms with E-state index in [-0.39, 0.29) is 17.2 Å². The third-order valence-electron chi connectivity index (χ3n) is 6.38. The highest BCUT2D eigenvalue weighted by Gasteiger charge is 2.59. The van der Waals surface area contributed by atoms with Gasteiger partial charge in [-0.05, 0) is 61.9 Å². The standard InChI is InChI=1S/C20H24N4OS/c25-18(21-10-11-24-17(14-7-8-14)22-23-19(24)26)16-12-20(16)9-3-5-13-4-1-2-6-15(13)20/h1-2,4,6,14,16H,3,5,7-12H2,(H,21,25)(H,23,26)/t16-,20+/m1/s1. The number of aryl methyl sites for hydroxylation is 1. The molecular weight excluding hydrogens is 344 g/mol. The summed E-state index contributed by atoms with van der Waals surface area (Å²) in [5.41, 5.74) is 2.96. The molecule has 0 radical (unpaired) electrons. The van der Waals surface area contributed by atoms with E-state index >= 15 is 0 Å². The van der Waals surface area contributed by atoms with E-state index in [0.717, 1.165) is 25.1 Å². The molecule has 1 heterocycles. The highest BCUT2D eigenvalue weighted by molar-refractivity contribution is 7.71. The Balaban J connectivity index is 1.23. The van der Waals surface area contributed by atoms with Crippen molar-refractivity contribution in [3.63, 3.8) is 0 Å². The summed E-state index contributed by atoms with van der Waals surface area (Å²) in [5, 5.41) is 10.4. The number of nitrogens with one attached hydrogen (secondary N) is 2. The van der Waals surface area contributed by atoms with Crippen molar-refractivity contribution < 1.29 is 4.79 Å². The van der Waals surface area contributed by atoms with Gasteiger partial charge in [0.15, 0.2) is 4.77 Å². The summed E-state index contributed by atoms with van der Waals surface area (Å²) in [6.45, 7) is 1.31. The number of carbonyl (C=O) groups is 1. The molecule has 1 spiro atoms. The summed E-state index contributed by atoms with van der Waals surface area (Å²) < 4.78 is 2.71. The van der Waals surface area contributed by atoms with Crippen LogP contribution >= 0.6 is 12.2 Å². The van der Waals surface area contributed by atoms with Crippen LogP contribution in [0.2, 0.25) is 0 Å². The van der Waals surface area contributed by atoms with E-state index in [1.807, 2.05) is 4.57 Å². The molecule has 0 bridgehead atoms. The fourth-order valence-corrected chi connectivity index (χ4v) is 5.02. The van der Waals surface area contributed by atoms with Crippen molar-refractivity contribution >= 4 is 18.1 Å². The Hall–Kier alpha value is -1.95. The number of rotatable bonds is 5. The Bertz CT molecular complexity index is 913. The maximum atomic E-state index is 12.8. The van der Waals surface area contributed by atoms with E-state index in [0.29, 0.717) is 23.8 Å². The van der Waals surface area contributed by atoms with Gasteiger partial charge < -0.3 is 9.88 Å². The Kier molecular flexibility index (Phi) is 3.78. The smallest absolute Gasteiger partial charge is 0.224 e. The van der Waals surface area contributed by atoms with Gasteiger partial charge in [0, 0.05) is 30.3 Å². The van der Waals surface area contributed by atoms with E-state index in [1.54, 1.807) is 0 Å². The molecule has 3 aliphatic carbocycles. The van der Waals surface area contributed by atoms with Crippen LogP contribution < -0.4 is 5.32 Å². The molecule has 2 fully saturated rings. The number of aromatic nitrogens is 3. The Morgan fingerprint density at radius 3 is 3.08 bits per heavy atom. The number of H-pyrrole nitrogens is 1. The van der Waals surface area contributed by atoms with Gasteiger partial charge in [-0.1, -0.05) is 24.3 Å². The van der Waals surface area contributed by atoms with Crippen molar-refractivity contribution in [2.75, 3.05) is 6.54 Å². The van der Waals surface area contributed by atoms with Crippen molar-refractivity contribution in [2.24, 2.45) is 5.92 Å². The predicted octanol–water partition coefficient (Wildman–Crippen LogP) is 3.23. The van der Waals surface area contributed by atoms with Gasteiger partial charge in [0.05, 0.1) is 0 Å². The second-order valence-electron chi connectivity index (χ2n) is 8.03. The SMILES string of the molecule is O=C(NCCn1c(C2CC2)n[nH]c1=S)[C@H]1C[C@]12CCCc1ccccc12. The van der Waals surface area contributed by atoms with Crippen LogP contribution in [0, 0.1) is 10.7 Å². The zero-order valence-corrected chi connectivity index (χ0v) is 15.6. The van der Waals surface area contributed by atoms with Gasteiger partial charge in [-0.2, -0.15) is 5.10 Å². The average molecular weight is 369 g/mol. The Morgan fingerprint density at radius 1 is 1.38 bits per heavy atom. The summed E-state index contributed by atoms with van der Waals surface area (Å²) in [6, 6.07) is 8.68. The second-order valence-corrected chi connectivity index (χ2v) is 8.41. The monoisotopic (exact) mass is 368 g/mol. The molecule has 26 heavy (non-hydrogen) atoms. The lowest BCUT2D eigenvalue weighted by Crippen LogP contribution is -2.32. The molecule has 1 aromatic heterocycles. The third kappa shape index (κ3) is 2.62. The van der Waals surface area contributed by atoms with E-state index in [2.05, 4.69) is 39.8 Å². The van der Waals surface area contributed by atoms with Crippen LogP contribution in [-0.4, -0.2) is 27.2 Å². The van der Waals surface area contributed by atoms with Crippen LogP contribution in [0.4, 0.5) is 0 Å². The first kappa shape index (κ1) is 16.2. The molecule has 2 N–H and O–H groups in total. The van der Waals surface area contributed by atoms with Gasteiger partial charge in [-0.3, -0.25) is 9.89 Å². The molecule has 0 saturated heterocycles. The van der Waals surface area contributed by atoms with Crippen molar-refractivity contribution in [2.45, 2.75) is 56.4 Å². The highest BCUT2D eigenvalue weighted by atomic mass is 32.1. The highest BCUT2D eigenvalue weighted by Crippen LogP contribution is 2.60. The summed E-state index contributed by atoms with van der Waals surface area (Å²) in [5.74, 6) is 1.92. The Labute approximate surface area is 158 Å². The lowest BCUT2D eigenvalue weighted by Gasteiger charge is -2.26. The topological polar surface area (TPSA) is 62.7 Å². The molecule has 0 aliphatic heterocycles. The number of hydrogen-bond donors (Lipinski definition) is 2. The van der Waals surface area contributed by atoms with Crippen LogP contribution in [0.15, 0.2) is 24.3 Å². The molecule has 5 nitrogen and oxygen atoms in total. The van der Waals surface area contributed by atoms with E-state index in [4.69, 9.17) is 12.2 Å². The number of aromatic amines is 1. The predicted molar refractivity (Wildman–Crippen MR) is 102 cm³/mol. The molecule has 0 unspecified atom stereocenters. The third-order valence-corrected chi connectivity index (χ3v) is 6.69. The van der Waals surface area contributed by atoms with Crippen LogP contribution in [0.1, 0.15) is 55.0 Å². The second kappa shape index (κ2) is 6.05. The normalized spacial score (nSPS) is 26.5. The maximum Gasteiger partial charge on any atom is 0.224 e.